The van der Waals surface area contributed by atoms with E-state index in [1.54, 1.807) is 25.1 Å². The number of benzene rings is 1. The van der Waals surface area contributed by atoms with Gasteiger partial charge in [0.2, 0.25) is 10.0 Å². The molecule has 0 spiro atoms. The Hall–Kier alpha value is -1.11. The SMILES string of the molecule is CNC(C)(C)CCNS(=O)(=O)c1cc(OC)ccc1C. The molecule has 5 nitrogen and oxygen atoms in total. The molecule has 1 aromatic carbocycles. The van der Waals surface area contributed by atoms with E-state index >= 15 is 0 Å². The van der Waals surface area contributed by atoms with E-state index in [-0.39, 0.29) is 10.4 Å². The van der Waals surface area contributed by atoms with Crippen molar-refractivity contribution in [2.75, 3.05) is 20.7 Å². The van der Waals surface area contributed by atoms with Crippen LogP contribution in [0.25, 0.3) is 0 Å². The highest BCUT2D eigenvalue weighted by molar-refractivity contribution is 7.89. The molecule has 2 N–H and O–H groups in total. The maximum absolute atomic E-state index is 12.3. The summed E-state index contributed by atoms with van der Waals surface area (Å²) in [5.41, 5.74) is 0.595. The van der Waals surface area contributed by atoms with Gasteiger partial charge in [-0.2, -0.15) is 0 Å². The molecule has 0 aromatic heterocycles. The summed E-state index contributed by atoms with van der Waals surface area (Å²) in [5.74, 6) is 0.534. The lowest BCUT2D eigenvalue weighted by Gasteiger charge is -2.24. The Morgan fingerprint density at radius 2 is 1.95 bits per heavy atom. The van der Waals surface area contributed by atoms with Crippen LogP contribution in [-0.4, -0.2) is 34.7 Å². The van der Waals surface area contributed by atoms with Gasteiger partial charge in [0.15, 0.2) is 0 Å². The number of aryl methyl sites for hydroxylation is 1. The average molecular weight is 300 g/mol. The van der Waals surface area contributed by atoms with Gasteiger partial charge in [0.1, 0.15) is 5.75 Å². The summed E-state index contributed by atoms with van der Waals surface area (Å²) in [6.07, 6.45) is 0.700. The third-order valence-corrected chi connectivity index (χ3v) is 5.01. The minimum Gasteiger partial charge on any atom is -0.497 e. The fourth-order valence-corrected chi connectivity index (χ4v) is 2.99. The second-order valence-electron chi connectivity index (χ2n) is 5.41. The van der Waals surface area contributed by atoms with Gasteiger partial charge < -0.3 is 10.1 Å². The molecule has 0 unspecified atom stereocenters. The summed E-state index contributed by atoms with van der Waals surface area (Å²) in [4.78, 5) is 0.263. The van der Waals surface area contributed by atoms with Crippen LogP contribution in [0.5, 0.6) is 5.75 Å². The molecule has 0 aliphatic carbocycles. The van der Waals surface area contributed by atoms with Crippen molar-refractivity contribution >= 4 is 10.0 Å². The average Bonchev–Trinajstić information content (AvgIpc) is 2.38. The van der Waals surface area contributed by atoms with Gasteiger partial charge in [0.05, 0.1) is 12.0 Å². The van der Waals surface area contributed by atoms with E-state index in [4.69, 9.17) is 4.74 Å². The molecule has 0 atom stereocenters. The summed E-state index contributed by atoms with van der Waals surface area (Å²) in [6, 6.07) is 5.03. The first-order valence-electron chi connectivity index (χ1n) is 6.55. The fraction of sp³-hybridized carbons (Fsp3) is 0.571. The van der Waals surface area contributed by atoms with Gasteiger partial charge >= 0.3 is 0 Å². The van der Waals surface area contributed by atoms with E-state index in [0.717, 1.165) is 0 Å². The standard InChI is InChI=1S/C14H24N2O3S/c1-11-6-7-12(19-5)10-13(11)20(17,18)16-9-8-14(2,3)15-4/h6-7,10,15-16H,8-9H2,1-5H3. The molecule has 0 heterocycles. The third-order valence-electron chi connectivity index (χ3n) is 3.40. The highest BCUT2D eigenvalue weighted by Crippen LogP contribution is 2.21. The number of nitrogens with one attached hydrogen (secondary N) is 2. The van der Waals surface area contributed by atoms with Crippen molar-refractivity contribution in [3.63, 3.8) is 0 Å². The summed E-state index contributed by atoms with van der Waals surface area (Å²) in [5, 5.41) is 3.14. The van der Waals surface area contributed by atoms with Crippen LogP contribution < -0.4 is 14.8 Å². The highest BCUT2D eigenvalue weighted by atomic mass is 32.2. The Morgan fingerprint density at radius 3 is 2.50 bits per heavy atom. The maximum atomic E-state index is 12.3. The van der Waals surface area contributed by atoms with Crippen molar-refractivity contribution in [3.8, 4) is 5.75 Å². The second kappa shape index (κ2) is 6.56. The molecule has 0 saturated carbocycles. The van der Waals surface area contributed by atoms with Crippen molar-refractivity contribution in [3.05, 3.63) is 23.8 Å². The number of methoxy groups -OCH3 is 1. The minimum absolute atomic E-state index is 0.105. The summed E-state index contributed by atoms with van der Waals surface area (Å²) in [6.45, 7) is 6.20. The summed E-state index contributed by atoms with van der Waals surface area (Å²) >= 11 is 0. The van der Waals surface area contributed by atoms with Gasteiger partial charge in [-0.05, 0) is 45.9 Å². The lowest BCUT2D eigenvalue weighted by molar-refractivity contribution is 0.393. The quantitative estimate of drug-likeness (QED) is 0.804. The maximum Gasteiger partial charge on any atom is 0.240 e. The van der Waals surface area contributed by atoms with Crippen LogP contribution in [-0.2, 0) is 10.0 Å². The molecule has 0 fully saturated rings. The van der Waals surface area contributed by atoms with E-state index in [9.17, 15) is 8.42 Å². The molecule has 1 aromatic rings. The Morgan fingerprint density at radius 1 is 1.30 bits per heavy atom. The monoisotopic (exact) mass is 300 g/mol. The van der Waals surface area contributed by atoms with Crippen LogP contribution in [0.4, 0.5) is 0 Å². The van der Waals surface area contributed by atoms with Crippen LogP contribution >= 0.6 is 0 Å². The molecule has 114 valence electrons. The van der Waals surface area contributed by atoms with Gasteiger partial charge in [0.25, 0.3) is 0 Å². The largest absolute Gasteiger partial charge is 0.497 e. The summed E-state index contributed by atoms with van der Waals surface area (Å²) in [7, 11) is -0.132. The lowest BCUT2D eigenvalue weighted by Crippen LogP contribution is -2.40. The zero-order chi connectivity index (χ0) is 15.4. The van der Waals surface area contributed by atoms with Gasteiger partial charge in [-0.3, -0.25) is 0 Å². The van der Waals surface area contributed by atoms with Gasteiger partial charge in [-0.25, -0.2) is 13.1 Å². The van der Waals surface area contributed by atoms with Crippen LogP contribution in [0.2, 0.25) is 0 Å². The Balaban J connectivity index is 2.84. The molecule has 1 rings (SSSR count). The minimum atomic E-state index is -3.51. The van der Waals surface area contributed by atoms with E-state index in [2.05, 4.69) is 10.0 Å². The molecule has 20 heavy (non-hydrogen) atoms. The Bertz CT molecular complexity index is 554. The van der Waals surface area contributed by atoms with E-state index in [1.807, 2.05) is 20.9 Å². The smallest absolute Gasteiger partial charge is 0.240 e. The van der Waals surface area contributed by atoms with Gasteiger partial charge in [-0.15, -0.1) is 0 Å². The van der Waals surface area contributed by atoms with Crippen molar-refractivity contribution in [1.82, 2.24) is 10.0 Å². The number of hydrogen-bond acceptors (Lipinski definition) is 4. The fourth-order valence-electron chi connectivity index (χ4n) is 1.70. The van der Waals surface area contributed by atoms with E-state index in [0.29, 0.717) is 24.3 Å². The molecule has 0 aliphatic rings. The third kappa shape index (κ3) is 4.47. The zero-order valence-electron chi connectivity index (χ0n) is 12.8. The normalized spacial score (nSPS) is 12.4. The molecule has 0 radical (unpaired) electrons. The predicted molar refractivity (Wildman–Crippen MR) is 80.7 cm³/mol. The van der Waals surface area contributed by atoms with Crippen LogP contribution in [0.3, 0.4) is 0 Å². The first-order valence-corrected chi connectivity index (χ1v) is 8.03. The zero-order valence-corrected chi connectivity index (χ0v) is 13.6. The van der Waals surface area contributed by atoms with Crippen LogP contribution in [0, 0.1) is 6.92 Å². The first kappa shape index (κ1) is 16.9. The van der Waals surface area contributed by atoms with Gasteiger partial charge in [-0.1, -0.05) is 6.07 Å². The van der Waals surface area contributed by atoms with Crippen LogP contribution in [0.15, 0.2) is 23.1 Å². The lowest BCUT2D eigenvalue weighted by atomic mass is 10.0. The molecule has 0 amide bonds. The van der Waals surface area contributed by atoms with Crippen molar-refractivity contribution in [2.45, 2.75) is 37.6 Å². The molecule has 0 bridgehead atoms. The summed E-state index contributed by atoms with van der Waals surface area (Å²) < 4.78 is 32.3. The van der Waals surface area contributed by atoms with E-state index < -0.39 is 10.0 Å². The van der Waals surface area contributed by atoms with E-state index in [1.165, 1.54) is 7.11 Å². The number of ether oxygens (including phenoxy) is 1. The molecule has 0 aliphatic heterocycles. The molecular formula is C14H24N2O3S. The second-order valence-corrected chi connectivity index (χ2v) is 7.15. The highest BCUT2D eigenvalue weighted by Gasteiger charge is 2.20. The van der Waals surface area contributed by atoms with Crippen LogP contribution in [0.1, 0.15) is 25.8 Å². The first-order chi connectivity index (χ1) is 9.22. The Labute approximate surface area is 121 Å². The van der Waals surface area contributed by atoms with Gasteiger partial charge in [0, 0.05) is 18.2 Å². The number of hydrogen-bond donors (Lipinski definition) is 2. The number of rotatable bonds is 7. The molecule has 6 heteroatoms. The van der Waals surface area contributed by atoms with Crippen molar-refractivity contribution < 1.29 is 13.2 Å². The predicted octanol–water partition coefficient (Wildman–Crippen LogP) is 1.67. The Kier molecular flexibility index (Phi) is 5.56. The molecule has 0 saturated heterocycles. The van der Waals surface area contributed by atoms with Crippen molar-refractivity contribution in [1.29, 1.82) is 0 Å². The molecular weight excluding hydrogens is 276 g/mol. The topological polar surface area (TPSA) is 67.4 Å². The van der Waals surface area contributed by atoms with Crippen molar-refractivity contribution in [2.24, 2.45) is 0 Å². The number of sulfonamides is 1.